The molecule has 1 aromatic heterocycles. The summed E-state index contributed by atoms with van der Waals surface area (Å²) in [6.45, 7) is 5.88. The smallest absolute Gasteiger partial charge is 0.344 e. The van der Waals surface area contributed by atoms with Crippen LogP contribution < -0.4 is 4.74 Å². The summed E-state index contributed by atoms with van der Waals surface area (Å²) in [5, 5.41) is 3.70. The van der Waals surface area contributed by atoms with Gasteiger partial charge in [-0.1, -0.05) is 11.2 Å². The number of hydrogen-bond acceptors (Lipinski definition) is 5. The highest BCUT2D eigenvalue weighted by atomic mass is 16.6. The van der Waals surface area contributed by atoms with Crippen molar-refractivity contribution in [2.45, 2.75) is 20.8 Å². The number of carbonyl (C=O) groups excluding carboxylic acids is 1. The fourth-order valence-corrected chi connectivity index (χ4v) is 2.02. The van der Waals surface area contributed by atoms with E-state index in [1.807, 2.05) is 26.0 Å². The molecule has 0 saturated heterocycles. The largest absolute Gasteiger partial charge is 0.481 e. The molecule has 0 aliphatic rings. The summed E-state index contributed by atoms with van der Waals surface area (Å²) in [5.41, 5.74) is 2.79. The van der Waals surface area contributed by atoms with Gasteiger partial charge in [0.05, 0.1) is 18.4 Å². The molecule has 0 radical (unpaired) electrons. The summed E-state index contributed by atoms with van der Waals surface area (Å²) in [5.74, 6) is 0.826. The van der Waals surface area contributed by atoms with Crippen LogP contribution in [-0.2, 0) is 9.53 Å². The molecule has 1 heterocycles. The van der Waals surface area contributed by atoms with Crippen molar-refractivity contribution in [2.75, 3.05) is 13.2 Å². The summed E-state index contributed by atoms with van der Waals surface area (Å²) in [7, 11) is 0. The lowest BCUT2D eigenvalue weighted by Gasteiger charge is -2.13. The van der Waals surface area contributed by atoms with Gasteiger partial charge < -0.3 is 14.0 Å². The van der Waals surface area contributed by atoms with Gasteiger partial charge in [0.1, 0.15) is 5.75 Å². The van der Waals surface area contributed by atoms with Crippen LogP contribution in [0.5, 0.6) is 5.75 Å². The van der Waals surface area contributed by atoms with Crippen LogP contribution in [0.15, 0.2) is 28.9 Å². The lowest BCUT2D eigenvalue weighted by Crippen LogP contribution is -2.15. The Morgan fingerprint density at radius 3 is 2.80 bits per heavy atom. The number of benzene rings is 1. The van der Waals surface area contributed by atoms with Gasteiger partial charge in [0, 0.05) is 6.07 Å². The van der Waals surface area contributed by atoms with Gasteiger partial charge in [-0.3, -0.25) is 0 Å². The van der Waals surface area contributed by atoms with E-state index in [2.05, 4.69) is 5.16 Å². The van der Waals surface area contributed by atoms with Gasteiger partial charge >= 0.3 is 5.97 Å². The van der Waals surface area contributed by atoms with Crippen LogP contribution in [0.2, 0.25) is 0 Å². The average Bonchev–Trinajstić information content (AvgIpc) is 2.91. The Morgan fingerprint density at radius 1 is 1.35 bits per heavy atom. The first-order valence-corrected chi connectivity index (χ1v) is 6.42. The molecule has 0 fully saturated rings. The van der Waals surface area contributed by atoms with Crippen LogP contribution in [0.3, 0.4) is 0 Å². The van der Waals surface area contributed by atoms with Gasteiger partial charge in [-0.2, -0.15) is 0 Å². The van der Waals surface area contributed by atoms with E-state index in [1.54, 1.807) is 19.2 Å². The first kappa shape index (κ1) is 14.1. The molecule has 2 aromatic rings. The normalized spacial score (nSPS) is 10.3. The number of rotatable bonds is 5. The Bertz CT molecular complexity index is 590. The molecule has 0 spiro atoms. The number of aryl methyl sites for hydroxylation is 2. The fraction of sp³-hybridized carbons (Fsp3) is 0.333. The van der Waals surface area contributed by atoms with Crippen LogP contribution >= 0.6 is 0 Å². The van der Waals surface area contributed by atoms with E-state index >= 15 is 0 Å². The van der Waals surface area contributed by atoms with Gasteiger partial charge in [-0.05, 0) is 38.0 Å². The SMILES string of the molecule is CCOC(=O)COc1c(C)cc(C)cc1-c1ccno1. The molecule has 5 nitrogen and oxygen atoms in total. The summed E-state index contributed by atoms with van der Waals surface area (Å²) in [6, 6.07) is 5.68. The molecule has 20 heavy (non-hydrogen) atoms. The average molecular weight is 275 g/mol. The Kier molecular flexibility index (Phi) is 4.40. The van der Waals surface area contributed by atoms with Crippen molar-refractivity contribution >= 4 is 5.97 Å². The fourth-order valence-electron chi connectivity index (χ4n) is 2.02. The third-order valence-corrected chi connectivity index (χ3v) is 2.76. The lowest BCUT2D eigenvalue weighted by atomic mass is 10.0. The molecule has 0 unspecified atom stereocenters. The van der Waals surface area contributed by atoms with E-state index in [0.29, 0.717) is 18.1 Å². The van der Waals surface area contributed by atoms with Crippen LogP contribution in [0.1, 0.15) is 18.1 Å². The van der Waals surface area contributed by atoms with Crippen LogP contribution in [0, 0.1) is 13.8 Å². The number of hydrogen-bond donors (Lipinski definition) is 0. The number of aromatic nitrogens is 1. The molecule has 1 aromatic carbocycles. The predicted octanol–water partition coefficient (Wildman–Crippen LogP) is 2.90. The Labute approximate surface area is 117 Å². The van der Waals surface area contributed by atoms with Crippen molar-refractivity contribution in [3.05, 3.63) is 35.5 Å². The molecule has 0 N–H and O–H groups in total. The van der Waals surface area contributed by atoms with Gasteiger partial charge in [0.2, 0.25) is 0 Å². The Hall–Kier alpha value is -2.30. The topological polar surface area (TPSA) is 61.6 Å². The van der Waals surface area contributed by atoms with E-state index in [1.165, 1.54) is 0 Å². The molecular formula is C15H17NO4. The molecule has 5 heteroatoms. The van der Waals surface area contributed by atoms with Gasteiger partial charge in [0.15, 0.2) is 12.4 Å². The van der Waals surface area contributed by atoms with Crippen molar-refractivity contribution in [2.24, 2.45) is 0 Å². The molecular weight excluding hydrogens is 258 g/mol. The molecule has 0 aliphatic carbocycles. The van der Waals surface area contributed by atoms with Crippen molar-refractivity contribution < 1.29 is 18.8 Å². The molecule has 0 atom stereocenters. The van der Waals surface area contributed by atoms with E-state index in [-0.39, 0.29) is 6.61 Å². The zero-order chi connectivity index (χ0) is 14.5. The second-order valence-corrected chi connectivity index (χ2v) is 4.43. The van der Waals surface area contributed by atoms with Crippen LogP contribution in [0.25, 0.3) is 11.3 Å². The first-order valence-electron chi connectivity index (χ1n) is 6.42. The minimum absolute atomic E-state index is 0.126. The number of ether oxygens (including phenoxy) is 2. The zero-order valence-electron chi connectivity index (χ0n) is 11.8. The van der Waals surface area contributed by atoms with Gasteiger partial charge in [0.25, 0.3) is 0 Å². The second-order valence-electron chi connectivity index (χ2n) is 4.43. The third-order valence-electron chi connectivity index (χ3n) is 2.76. The van der Waals surface area contributed by atoms with E-state index in [0.717, 1.165) is 16.7 Å². The number of nitrogens with zero attached hydrogens (tertiary/aromatic N) is 1. The monoisotopic (exact) mass is 275 g/mol. The highest BCUT2D eigenvalue weighted by Crippen LogP contribution is 2.34. The lowest BCUT2D eigenvalue weighted by molar-refractivity contribution is -0.145. The van der Waals surface area contributed by atoms with Crippen LogP contribution in [-0.4, -0.2) is 24.3 Å². The van der Waals surface area contributed by atoms with Crippen molar-refractivity contribution in [3.8, 4) is 17.1 Å². The summed E-state index contributed by atoms with van der Waals surface area (Å²) in [4.78, 5) is 11.4. The van der Waals surface area contributed by atoms with Gasteiger partial charge in [-0.15, -0.1) is 0 Å². The Morgan fingerprint density at radius 2 is 2.15 bits per heavy atom. The maximum Gasteiger partial charge on any atom is 0.344 e. The van der Waals surface area contributed by atoms with E-state index in [4.69, 9.17) is 14.0 Å². The maximum atomic E-state index is 11.4. The highest BCUT2D eigenvalue weighted by Gasteiger charge is 2.15. The summed E-state index contributed by atoms with van der Waals surface area (Å²) in [6.07, 6.45) is 1.57. The van der Waals surface area contributed by atoms with E-state index < -0.39 is 5.97 Å². The number of carbonyl (C=O) groups is 1. The molecule has 2 rings (SSSR count). The molecule has 0 saturated carbocycles. The molecule has 106 valence electrons. The number of esters is 1. The van der Waals surface area contributed by atoms with Crippen molar-refractivity contribution in [1.29, 1.82) is 0 Å². The molecule has 0 bridgehead atoms. The zero-order valence-corrected chi connectivity index (χ0v) is 11.8. The second kappa shape index (κ2) is 6.23. The van der Waals surface area contributed by atoms with Crippen LogP contribution in [0.4, 0.5) is 0 Å². The standard InChI is InChI=1S/C15H17NO4/c1-4-18-14(17)9-19-15-11(3)7-10(2)8-12(15)13-5-6-16-20-13/h5-8H,4,9H2,1-3H3. The summed E-state index contributed by atoms with van der Waals surface area (Å²) < 4.78 is 15.6. The third kappa shape index (κ3) is 3.17. The quantitative estimate of drug-likeness (QED) is 0.785. The first-order chi connectivity index (χ1) is 9.61. The Balaban J connectivity index is 2.29. The maximum absolute atomic E-state index is 11.4. The van der Waals surface area contributed by atoms with Crippen molar-refractivity contribution in [3.63, 3.8) is 0 Å². The molecule has 0 amide bonds. The molecule has 0 aliphatic heterocycles. The minimum atomic E-state index is -0.393. The van der Waals surface area contributed by atoms with Crippen molar-refractivity contribution in [1.82, 2.24) is 5.16 Å². The predicted molar refractivity (Wildman–Crippen MR) is 73.5 cm³/mol. The highest BCUT2D eigenvalue weighted by molar-refractivity contribution is 5.73. The summed E-state index contributed by atoms with van der Waals surface area (Å²) >= 11 is 0. The van der Waals surface area contributed by atoms with E-state index in [9.17, 15) is 4.79 Å². The minimum Gasteiger partial charge on any atom is -0.481 e. The van der Waals surface area contributed by atoms with Gasteiger partial charge in [-0.25, -0.2) is 4.79 Å².